The molecule has 138 valence electrons. The third-order valence-corrected chi connectivity index (χ3v) is 6.08. The van der Waals surface area contributed by atoms with Gasteiger partial charge in [0.2, 0.25) is 10.0 Å². The van der Waals surface area contributed by atoms with Crippen molar-refractivity contribution in [3.63, 3.8) is 0 Å². The van der Waals surface area contributed by atoms with Crippen molar-refractivity contribution in [2.45, 2.75) is 19.3 Å². The van der Waals surface area contributed by atoms with Gasteiger partial charge in [0, 0.05) is 24.3 Å². The van der Waals surface area contributed by atoms with Crippen LogP contribution in [0.2, 0.25) is 0 Å². The summed E-state index contributed by atoms with van der Waals surface area (Å²) in [6.45, 7) is 1.14. The molecule has 1 N–H and O–H groups in total. The number of rotatable bonds is 5. The van der Waals surface area contributed by atoms with E-state index in [1.807, 2.05) is 18.2 Å². The Balaban J connectivity index is 1.67. The van der Waals surface area contributed by atoms with Crippen LogP contribution in [-0.2, 0) is 16.4 Å². The number of carboxylic acid groups (broad SMARTS) is 1. The molecule has 2 heterocycles. The largest absolute Gasteiger partial charge is 0.478 e. The molecule has 1 saturated heterocycles. The van der Waals surface area contributed by atoms with Crippen LogP contribution in [-0.4, -0.2) is 48.1 Å². The van der Waals surface area contributed by atoms with Crippen LogP contribution in [0.1, 0.15) is 28.9 Å². The predicted molar refractivity (Wildman–Crippen MR) is 99.5 cm³/mol. The molecule has 7 heteroatoms. The van der Waals surface area contributed by atoms with E-state index in [1.165, 1.54) is 10.6 Å². The molecule has 0 spiro atoms. The van der Waals surface area contributed by atoms with Crippen LogP contribution in [0.15, 0.2) is 42.5 Å². The van der Waals surface area contributed by atoms with Crippen molar-refractivity contribution in [2.24, 2.45) is 5.92 Å². The highest BCUT2D eigenvalue weighted by Crippen LogP contribution is 2.24. The van der Waals surface area contributed by atoms with Crippen LogP contribution in [0, 0.1) is 5.92 Å². The number of carboxylic acids is 1. The third kappa shape index (κ3) is 4.47. The zero-order chi connectivity index (χ0) is 18.7. The van der Waals surface area contributed by atoms with Gasteiger partial charge in [0.25, 0.3) is 0 Å². The van der Waals surface area contributed by atoms with Gasteiger partial charge in [-0.3, -0.25) is 4.98 Å². The molecule has 1 aromatic carbocycles. The van der Waals surface area contributed by atoms with E-state index in [2.05, 4.69) is 0 Å². The van der Waals surface area contributed by atoms with E-state index in [9.17, 15) is 13.2 Å². The first-order valence-corrected chi connectivity index (χ1v) is 10.4. The van der Waals surface area contributed by atoms with Gasteiger partial charge in [0.1, 0.15) is 0 Å². The second kappa shape index (κ2) is 7.55. The number of hydrogen-bond donors (Lipinski definition) is 1. The van der Waals surface area contributed by atoms with Gasteiger partial charge in [-0.1, -0.05) is 18.2 Å². The highest BCUT2D eigenvalue weighted by Gasteiger charge is 2.25. The summed E-state index contributed by atoms with van der Waals surface area (Å²) < 4.78 is 24.7. The van der Waals surface area contributed by atoms with E-state index in [-0.39, 0.29) is 5.56 Å². The standard InChI is InChI=1S/C19H22N2O4S/c1-26(24,25)21-11-9-14(10-12-21)13-17-3-2-4-18(20-17)15-5-7-16(8-6-15)19(22)23/h2-8,14H,9-13H2,1H3,(H,22,23). The SMILES string of the molecule is CS(=O)(=O)N1CCC(Cc2cccc(-c3ccc(C(=O)O)cc3)n2)CC1. The van der Waals surface area contributed by atoms with Crippen molar-refractivity contribution in [1.29, 1.82) is 0 Å². The van der Waals surface area contributed by atoms with Crippen LogP contribution >= 0.6 is 0 Å². The summed E-state index contributed by atoms with van der Waals surface area (Å²) >= 11 is 0. The van der Waals surface area contributed by atoms with Crippen LogP contribution in [0.5, 0.6) is 0 Å². The Morgan fingerprint density at radius 3 is 2.38 bits per heavy atom. The van der Waals surface area contributed by atoms with Crippen molar-refractivity contribution in [3.05, 3.63) is 53.7 Å². The molecule has 26 heavy (non-hydrogen) atoms. The fraction of sp³-hybridized carbons (Fsp3) is 0.368. The Hall–Kier alpha value is -2.25. The lowest BCUT2D eigenvalue weighted by molar-refractivity contribution is 0.0697. The number of sulfonamides is 1. The molecule has 1 aliphatic rings. The van der Waals surface area contributed by atoms with Crippen LogP contribution in [0.25, 0.3) is 11.3 Å². The number of hydrogen-bond acceptors (Lipinski definition) is 4. The second-order valence-corrected chi connectivity index (χ2v) is 8.69. The van der Waals surface area contributed by atoms with Crippen molar-refractivity contribution in [3.8, 4) is 11.3 Å². The lowest BCUT2D eigenvalue weighted by atomic mass is 9.93. The number of piperidine rings is 1. The minimum absolute atomic E-state index is 0.252. The number of benzene rings is 1. The molecule has 0 amide bonds. The van der Waals surface area contributed by atoms with Crippen LogP contribution in [0.4, 0.5) is 0 Å². The van der Waals surface area contributed by atoms with E-state index in [1.54, 1.807) is 24.3 Å². The van der Waals surface area contributed by atoms with Gasteiger partial charge in [0.15, 0.2) is 0 Å². The molecule has 1 fully saturated rings. The zero-order valence-electron chi connectivity index (χ0n) is 14.6. The Kier molecular flexibility index (Phi) is 5.38. The van der Waals surface area contributed by atoms with Crippen molar-refractivity contribution in [2.75, 3.05) is 19.3 Å². The Morgan fingerprint density at radius 1 is 1.15 bits per heavy atom. The van der Waals surface area contributed by atoms with E-state index >= 15 is 0 Å². The fourth-order valence-corrected chi connectivity index (χ4v) is 4.15. The minimum atomic E-state index is -3.10. The quantitative estimate of drug-likeness (QED) is 0.869. The van der Waals surface area contributed by atoms with Crippen molar-refractivity contribution >= 4 is 16.0 Å². The molecule has 0 saturated carbocycles. The Morgan fingerprint density at radius 2 is 1.81 bits per heavy atom. The first kappa shape index (κ1) is 18.5. The average molecular weight is 374 g/mol. The maximum Gasteiger partial charge on any atom is 0.335 e. The normalized spacial score (nSPS) is 16.5. The van der Waals surface area contributed by atoms with Crippen molar-refractivity contribution in [1.82, 2.24) is 9.29 Å². The molecule has 2 aromatic rings. The highest BCUT2D eigenvalue weighted by atomic mass is 32.2. The van der Waals surface area contributed by atoms with Crippen LogP contribution in [0.3, 0.4) is 0 Å². The molecule has 1 aromatic heterocycles. The molecule has 0 atom stereocenters. The first-order valence-electron chi connectivity index (χ1n) is 8.58. The molecule has 3 rings (SSSR count). The summed E-state index contributed by atoms with van der Waals surface area (Å²) in [4.78, 5) is 15.7. The van der Waals surface area contributed by atoms with Gasteiger partial charge in [-0.05, 0) is 49.4 Å². The molecule has 0 unspecified atom stereocenters. The molecule has 1 aliphatic heterocycles. The van der Waals surface area contributed by atoms with Crippen molar-refractivity contribution < 1.29 is 18.3 Å². The molecule has 6 nitrogen and oxygen atoms in total. The van der Waals surface area contributed by atoms with Gasteiger partial charge >= 0.3 is 5.97 Å². The monoisotopic (exact) mass is 374 g/mol. The first-order chi connectivity index (χ1) is 12.3. The summed E-state index contributed by atoms with van der Waals surface area (Å²) in [5.41, 5.74) is 2.92. The Bertz CT molecular complexity index is 886. The number of carbonyl (C=O) groups is 1. The van der Waals surface area contributed by atoms with Gasteiger partial charge in [0.05, 0.1) is 17.5 Å². The van der Waals surface area contributed by atoms with Gasteiger partial charge in [-0.25, -0.2) is 17.5 Å². The number of aromatic carboxylic acids is 1. The molecule has 0 aliphatic carbocycles. The topological polar surface area (TPSA) is 87.6 Å². The predicted octanol–water partition coefficient (Wildman–Crippen LogP) is 2.66. The van der Waals surface area contributed by atoms with E-state index in [0.29, 0.717) is 19.0 Å². The summed E-state index contributed by atoms with van der Waals surface area (Å²) in [6, 6.07) is 12.5. The number of aromatic nitrogens is 1. The summed E-state index contributed by atoms with van der Waals surface area (Å²) in [5, 5.41) is 8.98. The van der Waals surface area contributed by atoms with E-state index in [4.69, 9.17) is 10.1 Å². The maximum atomic E-state index is 11.6. The Labute approximate surface area is 153 Å². The summed E-state index contributed by atoms with van der Waals surface area (Å²) in [7, 11) is -3.10. The minimum Gasteiger partial charge on any atom is -0.478 e. The number of pyridine rings is 1. The molecule has 0 radical (unpaired) electrons. The van der Waals surface area contributed by atoms with Gasteiger partial charge in [-0.15, -0.1) is 0 Å². The summed E-state index contributed by atoms with van der Waals surface area (Å²) in [5.74, 6) is -0.524. The lowest BCUT2D eigenvalue weighted by Crippen LogP contribution is -2.38. The molecule has 0 bridgehead atoms. The summed E-state index contributed by atoms with van der Waals surface area (Å²) in [6.07, 6.45) is 3.76. The maximum absolute atomic E-state index is 11.6. The van der Waals surface area contributed by atoms with Gasteiger partial charge < -0.3 is 5.11 Å². The zero-order valence-corrected chi connectivity index (χ0v) is 15.4. The van der Waals surface area contributed by atoms with Crippen LogP contribution < -0.4 is 0 Å². The second-order valence-electron chi connectivity index (χ2n) is 6.71. The third-order valence-electron chi connectivity index (χ3n) is 4.77. The fourth-order valence-electron chi connectivity index (χ4n) is 3.28. The van der Waals surface area contributed by atoms with Gasteiger partial charge in [-0.2, -0.15) is 0 Å². The molecular formula is C19H22N2O4S. The van der Waals surface area contributed by atoms with E-state index < -0.39 is 16.0 Å². The lowest BCUT2D eigenvalue weighted by Gasteiger charge is -2.30. The average Bonchev–Trinajstić information content (AvgIpc) is 2.62. The van der Waals surface area contributed by atoms with E-state index in [0.717, 1.165) is 36.2 Å². The molecular weight excluding hydrogens is 352 g/mol. The smallest absolute Gasteiger partial charge is 0.335 e. The number of nitrogens with zero attached hydrogens (tertiary/aromatic N) is 2. The highest BCUT2D eigenvalue weighted by molar-refractivity contribution is 7.88.